The average Bonchev–Trinajstić information content (AvgIpc) is 2.60. The van der Waals surface area contributed by atoms with Gasteiger partial charge in [-0.05, 0) is 70.7 Å². The molecule has 0 saturated carbocycles. The van der Waals surface area contributed by atoms with Crippen LogP contribution in [0.3, 0.4) is 0 Å². The summed E-state index contributed by atoms with van der Waals surface area (Å²) in [6.07, 6.45) is 4.69. The maximum Gasteiger partial charge on any atom is 0.223 e. The molecule has 7 heteroatoms. The van der Waals surface area contributed by atoms with E-state index in [0.717, 1.165) is 29.2 Å². The maximum atomic E-state index is 11.0. The van der Waals surface area contributed by atoms with Crippen LogP contribution in [0.5, 0.6) is 0 Å². The van der Waals surface area contributed by atoms with Gasteiger partial charge in [-0.1, -0.05) is 23.9 Å². The summed E-state index contributed by atoms with van der Waals surface area (Å²) in [4.78, 5) is 21.3. The molecule has 0 unspecified atom stereocenters. The minimum absolute atomic E-state index is 0.00645. The van der Waals surface area contributed by atoms with Gasteiger partial charge in [0, 0.05) is 41.7 Å². The molecule has 1 aromatic carbocycles. The van der Waals surface area contributed by atoms with Crippen LogP contribution >= 0.6 is 11.8 Å². The van der Waals surface area contributed by atoms with E-state index in [1.807, 2.05) is 12.3 Å². The van der Waals surface area contributed by atoms with Gasteiger partial charge >= 0.3 is 0 Å². The van der Waals surface area contributed by atoms with Crippen LogP contribution in [0.1, 0.15) is 53.0 Å². The minimum atomic E-state index is 0.00645. The van der Waals surface area contributed by atoms with Gasteiger partial charge in [-0.25, -0.2) is 9.97 Å². The van der Waals surface area contributed by atoms with E-state index in [1.54, 1.807) is 11.8 Å². The third-order valence-electron chi connectivity index (χ3n) is 5.09. The van der Waals surface area contributed by atoms with Crippen molar-refractivity contribution in [2.75, 3.05) is 11.9 Å². The molecule has 1 aliphatic heterocycles. The first-order chi connectivity index (χ1) is 14.1. The highest BCUT2D eigenvalue weighted by Crippen LogP contribution is 2.31. The second-order valence-electron chi connectivity index (χ2n) is 9.34. The van der Waals surface area contributed by atoms with E-state index in [2.05, 4.69) is 72.9 Å². The molecule has 1 amide bonds. The standard InChI is InChI=1S/C23H33N5OS/c1-16(29)24-12-10-17-6-8-19(9-7-17)30-20-11-13-25-21(27-20)26-18-14-22(2,3)28-23(4,5)15-18/h6-9,11,13,18,28H,10,12,14-15H2,1-5H3,(H,24,29)(H,25,26,27). The number of aromatic nitrogens is 2. The fraction of sp³-hybridized carbons (Fsp3) is 0.522. The van der Waals surface area contributed by atoms with Crippen LogP contribution in [0.2, 0.25) is 0 Å². The number of anilines is 1. The van der Waals surface area contributed by atoms with Crippen LogP contribution in [0.15, 0.2) is 46.5 Å². The number of carbonyl (C=O) groups excluding carboxylic acids is 1. The van der Waals surface area contributed by atoms with E-state index >= 15 is 0 Å². The second kappa shape index (κ2) is 9.35. The minimum Gasteiger partial charge on any atom is -0.356 e. The maximum absolute atomic E-state index is 11.0. The smallest absolute Gasteiger partial charge is 0.223 e. The molecule has 6 nitrogen and oxygen atoms in total. The molecule has 3 N–H and O–H groups in total. The normalized spacial score (nSPS) is 18.0. The summed E-state index contributed by atoms with van der Waals surface area (Å²) >= 11 is 1.63. The first-order valence-corrected chi connectivity index (χ1v) is 11.3. The van der Waals surface area contributed by atoms with Gasteiger partial charge in [0.2, 0.25) is 11.9 Å². The van der Waals surface area contributed by atoms with Crippen molar-refractivity contribution in [3.05, 3.63) is 42.1 Å². The largest absolute Gasteiger partial charge is 0.356 e. The second-order valence-corrected chi connectivity index (χ2v) is 10.4. The Bertz CT molecular complexity index is 850. The molecule has 1 aliphatic rings. The Kier molecular flexibility index (Phi) is 7.03. The molecule has 1 saturated heterocycles. The lowest BCUT2D eigenvalue weighted by Gasteiger charge is -2.46. The first-order valence-electron chi connectivity index (χ1n) is 10.5. The molecule has 0 atom stereocenters. The SMILES string of the molecule is CC(=O)NCCc1ccc(Sc2ccnc(NC3CC(C)(C)NC(C)(C)C3)n2)cc1. The molecule has 2 aromatic rings. The van der Waals surface area contributed by atoms with E-state index in [-0.39, 0.29) is 17.0 Å². The lowest BCUT2D eigenvalue weighted by molar-refractivity contribution is -0.118. The molecule has 0 spiro atoms. The Hall–Kier alpha value is -2.12. The summed E-state index contributed by atoms with van der Waals surface area (Å²) in [5, 5.41) is 11.0. The topological polar surface area (TPSA) is 78.9 Å². The van der Waals surface area contributed by atoms with E-state index in [9.17, 15) is 4.79 Å². The summed E-state index contributed by atoms with van der Waals surface area (Å²) < 4.78 is 0. The molecule has 30 heavy (non-hydrogen) atoms. The van der Waals surface area contributed by atoms with E-state index in [4.69, 9.17) is 4.98 Å². The van der Waals surface area contributed by atoms with Crippen LogP contribution in [0.4, 0.5) is 5.95 Å². The van der Waals surface area contributed by atoms with Crippen molar-refractivity contribution in [1.29, 1.82) is 0 Å². The number of benzene rings is 1. The predicted molar refractivity (Wildman–Crippen MR) is 123 cm³/mol. The van der Waals surface area contributed by atoms with Crippen LogP contribution in [-0.2, 0) is 11.2 Å². The van der Waals surface area contributed by atoms with Gasteiger partial charge in [-0.15, -0.1) is 0 Å². The van der Waals surface area contributed by atoms with Crippen LogP contribution < -0.4 is 16.0 Å². The van der Waals surface area contributed by atoms with Gasteiger partial charge in [-0.2, -0.15) is 0 Å². The van der Waals surface area contributed by atoms with Crippen molar-refractivity contribution in [3.63, 3.8) is 0 Å². The number of carbonyl (C=O) groups is 1. The highest BCUT2D eigenvalue weighted by Gasteiger charge is 2.37. The zero-order chi connectivity index (χ0) is 21.8. The Morgan fingerprint density at radius 2 is 1.80 bits per heavy atom. The van der Waals surface area contributed by atoms with Crippen LogP contribution in [0.25, 0.3) is 0 Å². The quantitative estimate of drug-likeness (QED) is 0.579. The summed E-state index contributed by atoms with van der Waals surface area (Å²) in [6, 6.07) is 10.7. The van der Waals surface area contributed by atoms with Gasteiger partial charge in [0.05, 0.1) is 0 Å². The fourth-order valence-electron chi connectivity index (χ4n) is 4.30. The van der Waals surface area contributed by atoms with Crippen molar-refractivity contribution in [1.82, 2.24) is 20.6 Å². The van der Waals surface area contributed by atoms with Gasteiger partial charge in [-0.3, -0.25) is 4.79 Å². The summed E-state index contributed by atoms with van der Waals surface area (Å²) in [5.74, 6) is 0.692. The summed E-state index contributed by atoms with van der Waals surface area (Å²) in [6.45, 7) is 11.2. The summed E-state index contributed by atoms with van der Waals surface area (Å²) in [7, 11) is 0. The molecular formula is C23H33N5OS. The van der Waals surface area contributed by atoms with E-state index in [0.29, 0.717) is 18.5 Å². The Balaban J connectivity index is 1.59. The van der Waals surface area contributed by atoms with E-state index < -0.39 is 0 Å². The number of hydrogen-bond donors (Lipinski definition) is 3. The number of nitrogens with zero attached hydrogens (tertiary/aromatic N) is 2. The molecule has 2 heterocycles. The van der Waals surface area contributed by atoms with Crippen molar-refractivity contribution in [3.8, 4) is 0 Å². The summed E-state index contributed by atoms with van der Waals surface area (Å²) in [5.41, 5.74) is 1.36. The van der Waals surface area contributed by atoms with Crippen LogP contribution in [-0.4, -0.2) is 39.5 Å². The molecule has 0 aliphatic carbocycles. The fourth-order valence-corrected chi connectivity index (χ4v) is 5.08. The molecule has 1 fully saturated rings. The van der Waals surface area contributed by atoms with Gasteiger partial charge in [0.15, 0.2) is 0 Å². The number of amides is 1. The molecule has 0 radical (unpaired) electrons. The number of rotatable bonds is 7. The first kappa shape index (κ1) is 22.6. The van der Waals surface area contributed by atoms with Crippen molar-refractivity contribution >= 4 is 23.6 Å². The van der Waals surface area contributed by atoms with Gasteiger partial charge in [0.25, 0.3) is 0 Å². The number of piperidine rings is 1. The third kappa shape index (κ3) is 6.99. The number of hydrogen-bond acceptors (Lipinski definition) is 6. The highest BCUT2D eigenvalue weighted by molar-refractivity contribution is 7.99. The zero-order valence-corrected chi connectivity index (χ0v) is 19.4. The average molecular weight is 428 g/mol. The lowest BCUT2D eigenvalue weighted by Crippen LogP contribution is -2.60. The third-order valence-corrected chi connectivity index (χ3v) is 6.03. The van der Waals surface area contributed by atoms with Gasteiger partial charge < -0.3 is 16.0 Å². The molecule has 0 bridgehead atoms. The lowest BCUT2D eigenvalue weighted by atomic mass is 9.80. The highest BCUT2D eigenvalue weighted by atomic mass is 32.2. The zero-order valence-electron chi connectivity index (χ0n) is 18.6. The van der Waals surface area contributed by atoms with E-state index in [1.165, 1.54) is 12.5 Å². The molecule has 162 valence electrons. The monoisotopic (exact) mass is 427 g/mol. The Morgan fingerprint density at radius 3 is 2.43 bits per heavy atom. The number of nitrogens with one attached hydrogen (secondary N) is 3. The van der Waals surface area contributed by atoms with Crippen molar-refractivity contribution in [2.45, 2.75) is 80.9 Å². The van der Waals surface area contributed by atoms with Crippen molar-refractivity contribution in [2.24, 2.45) is 0 Å². The molecule has 1 aromatic heterocycles. The Labute approximate surface area is 184 Å². The molecular weight excluding hydrogens is 394 g/mol. The van der Waals surface area contributed by atoms with Crippen molar-refractivity contribution < 1.29 is 4.79 Å². The van der Waals surface area contributed by atoms with Gasteiger partial charge in [0.1, 0.15) is 5.03 Å². The molecule has 3 rings (SSSR count). The predicted octanol–water partition coefficient (Wildman–Crippen LogP) is 4.03. The Morgan fingerprint density at radius 1 is 1.13 bits per heavy atom. The van der Waals surface area contributed by atoms with Crippen LogP contribution in [0, 0.1) is 0 Å².